The predicted molar refractivity (Wildman–Crippen MR) is 194 cm³/mol. The number of nitrogens with zero attached hydrogens (tertiary/aromatic N) is 2. The van der Waals surface area contributed by atoms with Crippen LogP contribution in [0.1, 0.15) is 64.7 Å². The van der Waals surface area contributed by atoms with Gasteiger partial charge in [0, 0.05) is 18.0 Å². The third kappa shape index (κ3) is 7.06. The third-order valence-corrected chi connectivity index (χ3v) is 14.1. The van der Waals surface area contributed by atoms with Crippen LogP contribution >= 0.6 is 34.5 Å². The van der Waals surface area contributed by atoms with Crippen molar-refractivity contribution >= 4 is 78.2 Å². The number of carbonyl (C=O) groups is 3. The van der Waals surface area contributed by atoms with Crippen LogP contribution in [-0.4, -0.2) is 71.0 Å². The van der Waals surface area contributed by atoms with E-state index in [9.17, 15) is 22.8 Å². The fourth-order valence-corrected chi connectivity index (χ4v) is 9.27. The second kappa shape index (κ2) is 13.6. The predicted octanol–water partition coefficient (Wildman–Crippen LogP) is 5.83. The van der Waals surface area contributed by atoms with Crippen molar-refractivity contribution in [1.29, 1.82) is 0 Å². The number of rotatable bonds is 7. The van der Waals surface area contributed by atoms with Crippen LogP contribution in [0.3, 0.4) is 0 Å². The van der Waals surface area contributed by atoms with Crippen LogP contribution < -0.4 is 20.1 Å². The first-order valence-corrected chi connectivity index (χ1v) is 20.0. The van der Waals surface area contributed by atoms with E-state index < -0.39 is 50.3 Å². The number of anilines is 1. The van der Waals surface area contributed by atoms with Crippen LogP contribution in [0.4, 0.5) is 5.69 Å². The van der Waals surface area contributed by atoms with Crippen molar-refractivity contribution in [2.75, 3.05) is 11.9 Å². The zero-order valence-corrected chi connectivity index (χ0v) is 30.6. The van der Waals surface area contributed by atoms with Gasteiger partial charge < -0.3 is 20.3 Å². The first-order chi connectivity index (χ1) is 23.9. The van der Waals surface area contributed by atoms with Gasteiger partial charge in [0.25, 0.3) is 11.1 Å². The molecule has 1 saturated heterocycles. The number of fused-ring (bicyclic) bond motifs is 3. The number of amides is 3. The second-order valence-electron chi connectivity index (χ2n) is 14.0. The number of carbonyl (C=O) groups excluding carboxylic acids is 3. The van der Waals surface area contributed by atoms with Gasteiger partial charge in [-0.15, -0.1) is 0 Å². The lowest BCUT2D eigenvalue weighted by atomic mass is 10.0. The van der Waals surface area contributed by atoms with Crippen LogP contribution in [0, 0.1) is 5.92 Å². The number of allylic oxidation sites excluding steroid dienone is 1. The molecule has 3 fully saturated rings. The van der Waals surface area contributed by atoms with Crippen molar-refractivity contribution in [3.8, 4) is 5.19 Å². The average Bonchev–Trinajstić information content (AvgIpc) is 3.88. The smallest absolute Gasteiger partial charge is 0.274 e. The fourth-order valence-electron chi connectivity index (χ4n) is 6.78. The highest BCUT2D eigenvalue weighted by atomic mass is 35.5. The molecule has 0 spiro atoms. The van der Waals surface area contributed by atoms with Crippen molar-refractivity contribution < 1.29 is 27.5 Å². The van der Waals surface area contributed by atoms with Gasteiger partial charge >= 0.3 is 0 Å². The molecule has 0 unspecified atom stereocenters. The Morgan fingerprint density at radius 3 is 2.66 bits per heavy atom. The van der Waals surface area contributed by atoms with E-state index in [0.29, 0.717) is 40.2 Å². The topological polar surface area (TPSA) is 147 Å². The van der Waals surface area contributed by atoms with Gasteiger partial charge in [-0.05, 0) is 75.8 Å². The molecule has 5 atom stereocenters. The molecular weight excluding hydrogens is 721 g/mol. The number of sulfonamides is 1. The van der Waals surface area contributed by atoms with Gasteiger partial charge in [-0.3, -0.25) is 19.1 Å². The van der Waals surface area contributed by atoms with Crippen LogP contribution in [0.2, 0.25) is 10.0 Å². The molecule has 1 aromatic heterocycles. The molecule has 3 aromatic rings. The highest BCUT2D eigenvalue weighted by molar-refractivity contribution is 7.91. The summed E-state index contributed by atoms with van der Waals surface area (Å²) in [5, 5.41) is 7.42. The van der Waals surface area contributed by atoms with E-state index in [0.717, 1.165) is 35.9 Å². The summed E-state index contributed by atoms with van der Waals surface area (Å²) in [5.41, 5.74) is -0.0521. The van der Waals surface area contributed by atoms with Gasteiger partial charge in [0.2, 0.25) is 21.8 Å². The monoisotopic (exact) mass is 759 g/mol. The Labute approximate surface area is 305 Å². The molecule has 4 aliphatic rings. The fraction of sp³-hybridized carbons (Fsp3) is 0.486. The summed E-state index contributed by atoms with van der Waals surface area (Å²) in [7, 11) is -3.94. The maximum Gasteiger partial charge on any atom is 0.274 e. The molecule has 2 saturated carbocycles. The number of ether oxygens (including phenoxy) is 1. The molecule has 7 rings (SSSR count). The summed E-state index contributed by atoms with van der Waals surface area (Å²) in [6, 6.07) is 11.0. The molecular formula is C35H39Cl2N5O6S2. The standard InChI is InChI=1S/C35H39Cl2N5O6S2/c1-34(15-16-34)50(46,47)41-32(45)35-19-21(35)9-5-3-2-4-6-11-27(38-22-13-14-24(36)25(37)17-22)31(44)42-20-23(18-28(42)30(43)40-35)48-33-39-26-10-7-8-12-29(26)49-33/h5,7-10,12-14,17,21,23,27-28,38H,2-4,6,11,15-16,18-20H2,1H3,(H,40,43)(H,41,45)/t21-,23-,27+,28+,35-/m1/s1. The lowest BCUT2D eigenvalue weighted by Crippen LogP contribution is -2.58. The lowest BCUT2D eigenvalue weighted by molar-refractivity contribution is -0.140. The minimum absolute atomic E-state index is 0.113. The molecule has 3 N–H and O–H groups in total. The summed E-state index contributed by atoms with van der Waals surface area (Å²) >= 11 is 13.8. The summed E-state index contributed by atoms with van der Waals surface area (Å²) in [6.07, 6.45) is 8.38. The zero-order chi connectivity index (χ0) is 35.3. The molecule has 266 valence electrons. The van der Waals surface area contributed by atoms with Crippen molar-refractivity contribution in [1.82, 2.24) is 19.9 Å². The van der Waals surface area contributed by atoms with Gasteiger partial charge in [-0.1, -0.05) is 71.7 Å². The molecule has 3 heterocycles. The molecule has 11 nitrogen and oxygen atoms in total. The normalized spacial score (nSPS) is 28.1. The van der Waals surface area contributed by atoms with E-state index in [1.165, 1.54) is 16.2 Å². The highest BCUT2D eigenvalue weighted by Crippen LogP contribution is 2.47. The summed E-state index contributed by atoms with van der Waals surface area (Å²) in [6.45, 7) is 1.72. The SMILES string of the molecule is CC1(S(=O)(=O)NC(=O)[C@@]23C[C@H]2C=CCCCCC[C@H](Nc2ccc(Cl)c(Cl)c2)C(=O)N2C[C@H](Oc4nc5ccccc5s4)C[C@H]2C(=O)N3)CC1. The minimum Gasteiger partial charge on any atom is -0.465 e. The van der Waals surface area contributed by atoms with Crippen molar-refractivity contribution in [2.45, 2.75) is 93.2 Å². The van der Waals surface area contributed by atoms with Gasteiger partial charge in [0.15, 0.2) is 0 Å². The Kier molecular flexibility index (Phi) is 9.55. The number of benzene rings is 2. The lowest BCUT2D eigenvalue weighted by Gasteiger charge is -2.30. The van der Waals surface area contributed by atoms with Crippen LogP contribution in [0.25, 0.3) is 10.2 Å². The van der Waals surface area contributed by atoms with Crippen LogP contribution in [0.15, 0.2) is 54.6 Å². The Morgan fingerprint density at radius 2 is 1.90 bits per heavy atom. The number of hydrogen-bond donors (Lipinski definition) is 3. The average molecular weight is 761 g/mol. The molecule has 0 bridgehead atoms. The third-order valence-electron chi connectivity index (χ3n) is 10.3. The number of thiazole rings is 1. The molecule has 2 aliphatic heterocycles. The molecule has 50 heavy (non-hydrogen) atoms. The maximum atomic E-state index is 14.5. The number of aromatic nitrogens is 1. The van der Waals surface area contributed by atoms with Crippen LogP contribution in [0.5, 0.6) is 5.19 Å². The first-order valence-electron chi connectivity index (χ1n) is 17.0. The Hall–Kier alpha value is -3.39. The Balaban J connectivity index is 1.19. The molecule has 0 radical (unpaired) electrons. The first kappa shape index (κ1) is 35.0. The number of halogens is 2. The van der Waals surface area contributed by atoms with E-state index in [1.807, 2.05) is 36.4 Å². The van der Waals surface area contributed by atoms with E-state index in [2.05, 4.69) is 20.3 Å². The van der Waals surface area contributed by atoms with Gasteiger partial charge in [0.05, 0.1) is 31.6 Å². The summed E-state index contributed by atoms with van der Waals surface area (Å²) in [4.78, 5) is 48.7. The van der Waals surface area contributed by atoms with Gasteiger partial charge in [-0.2, -0.15) is 0 Å². The molecule has 2 aromatic carbocycles. The largest absolute Gasteiger partial charge is 0.465 e. The van der Waals surface area contributed by atoms with E-state index in [4.69, 9.17) is 27.9 Å². The quantitative estimate of drug-likeness (QED) is 0.255. The van der Waals surface area contributed by atoms with Crippen molar-refractivity contribution in [3.05, 3.63) is 64.7 Å². The Bertz CT molecular complexity index is 1930. The van der Waals surface area contributed by atoms with E-state index in [-0.39, 0.29) is 31.2 Å². The summed E-state index contributed by atoms with van der Waals surface area (Å²) in [5.74, 6) is -1.98. The molecule has 15 heteroatoms. The van der Waals surface area contributed by atoms with Gasteiger partial charge in [0.1, 0.15) is 23.7 Å². The van der Waals surface area contributed by atoms with E-state index >= 15 is 0 Å². The number of hydrogen-bond acceptors (Lipinski definition) is 9. The maximum absolute atomic E-state index is 14.5. The summed E-state index contributed by atoms with van der Waals surface area (Å²) < 4.78 is 34.7. The second-order valence-corrected chi connectivity index (χ2v) is 18.0. The van der Waals surface area contributed by atoms with Crippen LogP contribution in [-0.2, 0) is 24.4 Å². The highest BCUT2D eigenvalue weighted by Gasteiger charge is 2.63. The molecule has 2 aliphatic carbocycles. The minimum atomic E-state index is -3.94. The van der Waals surface area contributed by atoms with Gasteiger partial charge in [-0.25, -0.2) is 13.4 Å². The van der Waals surface area contributed by atoms with E-state index in [1.54, 1.807) is 25.1 Å². The Morgan fingerprint density at radius 1 is 1.10 bits per heavy atom. The van der Waals surface area contributed by atoms with Crippen molar-refractivity contribution in [2.24, 2.45) is 5.92 Å². The number of nitrogens with one attached hydrogen (secondary N) is 3. The number of para-hydroxylation sites is 1. The van der Waals surface area contributed by atoms with Crippen molar-refractivity contribution in [3.63, 3.8) is 0 Å². The molecule has 3 amide bonds. The zero-order valence-electron chi connectivity index (χ0n) is 27.5.